The molecule has 0 aromatic carbocycles. The fourth-order valence-corrected chi connectivity index (χ4v) is 0.346. The molecule has 1 fully saturated rings. The summed E-state index contributed by atoms with van der Waals surface area (Å²) in [7, 11) is -2.22. The van der Waals surface area contributed by atoms with Crippen molar-refractivity contribution in [3.8, 4) is 0 Å². The van der Waals surface area contributed by atoms with E-state index in [-0.39, 0.29) is 6.10 Å². The SMILES string of the molecule is O=C(O)C(F)(F)F.[2H]C([2H])([2H])OC1CNC1. The normalized spacial score (nSPS) is 21.3. The number of hydrogen-bond acceptors (Lipinski definition) is 3. The molecule has 2 N–H and O–H groups in total. The lowest BCUT2D eigenvalue weighted by atomic mass is 10.2. The van der Waals surface area contributed by atoms with E-state index in [4.69, 9.17) is 14.0 Å². The number of carboxylic acid groups (broad SMARTS) is 1. The largest absolute Gasteiger partial charge is 0.490 e. The molecule has 1 aliphatic rings. The van der Waals surface area contributed by atoms with Crippen molar-refractivity contribution in [2.75, 3.05) is 20.1 Å². The van der Waals surface area contributed by atoms with Crippen molar-refractivity contribution in [1.29, 1.82) is 0 Å². The summed E-state index contributed by atoms with van der Waals surface area (Å²) in [5.74, 6) is -2.76. The van der Waals surface area contributed by atoms with Crippen LogP contribution in [0.1, 0.15) is 4.11 Å². The highest BCUT2D eigenvalue weighted by Crippen LogP contribution is 2.13. The van der Waals surface area contributed by atoms with E-state index in [9.17, 15) is 13.2 Å². The molecule has 78 valence electrons. The van der Waals surface area contributed by atoms with Crippen LogP contribution < -0.4 is 5.32 Å². The van der Waals surface area contributed by atoms with E-state index >= 15 is 0 Å². The Balaban J connectivity index is 0.000000293. The highest BCUT2D eigenvalue weighted by atomic mass is 19.4. The minimum atomic E-state index is -5.08. The second-order valence-corrected chi connectivity index (χ2v) is 2.20. The number of rotatable bonds is 1. The predicted octanol–water partition coefficient (Wildman–Crippen LogP) is 0.238. The van der Waals surface area contributed by atoms with Gasteiger partial charge in [0, 0.05) is 20.1 Å². The predicted molar refractivity (Wildman–Crippen MR) is 37.4 cm³/mol. The smallest absolute Gasteiger partial charge is 0.475 e. The molecule has 7 heteroatoms. The van der Waals surface area contributed by atoms with Crippen LogP contribution in [0, 0.1) is 0 Å². The van der Waals surface area contributed by atoms with Crippen molar-refractivity contribution >= 4 is 5.97 Å². The summed E-state index contributed by atoms with van der Waals surface area (Å²) in [5.41, 5.74) is 0. The Morgan fingerprint density at radius 1 is 1.69 bits per heavy atom. The fraction of sp³-hybridized carbons (Fsp3) is 0.833. The second kappa shape index (κ2) is 5.03. The van der Waals surface area contributed by atoms with Gasteiger partial charge in [-0.2, -0.15) is 13.2 Å². The number of carbonyl (C=O) groups is 1. The molecular weight excluding hydrogens is 191 g/mol. The van der Waals surface area contributed by atoms with Crippen LogP contribution >= 0.6 is 0 Å². The van der Waals surface area contributed by atoms with Crippen molar-refractivity contribution in [1.82, 2.24) is 5.32 Å². The number of halogens is 3. The zero-order chi connectivity index (χ0) is 13.0. The zero-order valence-corrected chi connectivity index (χ0v) is 6.39. The summed E-state index contributed by atoms with van der Waals surface area (Å²) >= 11 is 0. The summed E-state index contributed by atoms with van der Waals surface area (Å²) in [6, 6.07) is 0. The van der Waals surface area contributed by atoms with Crippen molar-refractivity contribution < 1.29 is 31.9 Å². The summed E-state index contributed by atoms with van der Waals surface area (Å²) in [4.78, 5) is 8.90. The summed E-state index contributed by atoms with van der Waals surface area (Å²) in [6.07, 6.45) is -5.18. The summed E-state index contributed by atoms with van der Waals surface area (Å²) in [6.45, 7) is 1.33. The van der Waals surface area contributed by atoms with Crippen LogP contribution in [0.15, 0.2) is 0 Å². The van der Waals surface area contributed by atoms with Crippen molar-refractivity contribution in [2.24, 2.45) is 0 Å². The number of alkyl halides is 3. The third kappa shape index (κ3) is 5.42. The Hall–Kier alpha value is -0.820. The minimum absolute atomic E-state index is 0.0995. The van der Waals surface area contributed by atoms with E-state index in [0.29, 0.717) is 13.1 Å². The third-order valence-electron chi connectivity index (χ3n) is 1.15. The Bertz CT molecular complexity index is 239. The van der Waals surface area contributed by atoms with E-state index in [2.05, 4.69) is 10.1 Å². The van der Waals surface area contributed by atoms with Crippen LogP contribution in [-0.2, 0) is 9.53 Å². The van der Waals surface area contributed by atoms with Gasteiger partial charge in [-0.25, -0.2) is 4.79 Å². The molecule has 0 aromatic heterocycles. The lowest BCUT2D eigenvalue weighted by molar-refractivity contribution is -0.192. The van der Waals surface area contributed by atoms with Crippen LogP contribution in [0.2, 0.25) is 0 Å². The molecule has 0 atom stereocenters. The molecule has 0 unspecified atom stereocenters. The molecule has 1 heterocycles. The van der Waals surface area contributed by atoms with Gasteiger partial charge in [-0.05, 0) is 0 Å². The molecule has 1 rings (SSSR count). The second-order valence-electron chi connectivity index (χ2n) is 2.20. The monoisotopic (exact) mass is 204 g/mol. The Labute approximate surface area is 76.9 Å². The molecule has 0 aliphatic carbocycles. The van der Waals surface area contributed by atoms with E-state index in [1.54, 1.807) is 0 Å². The minimum Gasteiger partial charge on any atom is -0.475 e. The first-order valence-corrected chi connectivity index (χ1v) is 3.21. The van der Waals surface area contributed by atoms with Crippen LogP contribution in [0.5, 0.6) is 0 Å². The Kier molecular flexibility index (Phi) is 2.93. The van der Waals surface area contributed by atoms with Gasteiger partial charge >= 0.3 is 12.1 Å². The molecule has 0 amide bonds. The molecule has 0 spiro atoms. The molecule has 0 saturated carbocycles. The van der Waals surface area contributed by atoms with Gasteiger partial charge < -0.3 is 15.2 Å². The standard InChI is InChI=1S/C4H9NO.C2HF3O2/c1-6-4-2-5-3-4;3-2(4,5)1(6)7/h4-5H,2-3H2,1H3;(H,6,7)/i1D3;. The van der Waals surface area contributed by atoms with Gasteiger partial charge in [-0.15, -0.1) is 0 Å². The number of aliphatic carboxylic acids is 1. The van der Waals surface area contributed by atoms with E-state index in [0.717, 1.165) is 0 Å². The first-order chi connectivity index (χ1) is 7.02. The molecule has 4 nitrogen and oxygen atoms in total. The van der Waals surface area contributed by atoms with Gasteiger partial charge in [0.1, 0.15) is 0 Å². The average molecular weight is 204 g/mol. The van der Waals surface area contributed by atoms with E-state index in [1.165, 1.54) is 0 Å². The fourth-order valence-electron chi connectivity index (χ4n) is 0.346. The van der Waals surface area contributed by atoms with Crippen molar-refractivity contribution in [3.05, 3.63) is 0 Å². The molecule has 0 bridgehead atoms. The Morgan fingerprint density at radius 3 is 2.23 bits per heavy atom. The maximum absolute atomic E-state index is 10.6. The lowest BCUT2D eigenvalue weighted by Crippen LogP contribution is -2.47. The topological polar surface area (TPSA) is 58.6 Å². The number of ether oxygens (including phenoxy) is 1. The average Bonchev–Trinajstić information content (AvgIpc) is 1.95. The van der Waals surface area contributed by atoms with E-state index < -0.39 is 19.2 Å². The highest BCUT2D eigenvalue weighted by molar-refractivity contribution is 5.73. The molecule has 13 heavy (non-hydrogen) atoms. The Morgan fingerprint density at radius 2 is 2.15 bits per heavy atom. The first kappa shape index (κ1) is 7.57. The van der Waals surface area contributed by atoms with Gasteiger partial charge in [0.05, 0.1) is 10.2 Å². The third-order valence-corrected chi connectivity index (χ3v) is 1.15. The van der Waals surface area contributed by atoms with Gasteiger partial charge in [0.15, 0.2) is 0 Å². The van der Waals surface area contributed by atoms with Crippen LogP contribution in [0.25, 0.3) is 0 Å². The van der Waals surface area contributed by atoms with Crippen molar-refractivity contribution in [3.63, 3.8) is 0 Å². The van der Waals surface area contributed by atoms with Gasteiger partial charge in [-0.1, -0.05) is 0 Å². The van der Waals surface area contributed by atoms with Crippen LogP contribution in [0.3, 0.4) is 0 Å². The molecule has 1 saturated heterocycles. The zero-order valence-electron chi connectivity index (χ0n) is 9.39. The van der Waals surface area contributed by atoms with Crippen LogP contribution in [-0.4, -0.2) is 43.5 Å². The maximum Gasteiger partial charge on any atom is 0.490 e. The maximum atomic E-state index is 10.6. The van der Waals surface area contributed by atoms with E-state index in [1.807, 2.05) is 0 Å². The number of nitrogens with one attached hydrogen (secondary N) is 1. The quantitative estimate of drug-likeness (QED) is 0.642. The van der Waals surface area contributed by atoms with Crippen molar-refractivity contribution in [2.45, 2.75) is 12.3 Å². The lowest BCUT2D eigenvalue weighted by Gasteiger charge is -2.24. The number of carboxylic acids is 1. The van der Waals surface area contributed by atoms with Gasteiger partial charge in [0.25, 0.3) is 0 Å². The number of methoxy groups -OCH3 is 1. The first-order valence-electron chi connectivity index (χ1n) is 4.71. The highest BCUT2D eigenvalue weighted by Gasteiger charge is 2.38. The molecule has 1 aliphatic heterocycles. The molecule has 0 aromatic rings. The molecule has 0 radical (unpaired) electrons. The summed E-state index contributed by atoms with van der Waals surface area (Å²) < 4.78 is 56.4. The molecular formula is C6H10F3NO3. The van der Waals surface area contributed by atoms with Crippen LogP contribution in [0.4, 0.5) is 13.2 Å². The number of hydrogen-bond donors (Lipinski definition) is 2. The summed E-state index contributed by atoms with van der Waals surface area (Å²) in [5, 5.41) is 10.0. The van der Waals surface area contributed by atoms with Gasteiger partial charge in [-0.3, -0.25) is 0 Å². The van der Waals surface area contributed by atoms with Gasteiger partial charge in [0.2, 0.25) is 0 Å².